The van der Waals surface area contributed by atoms with Crippen LogP contribution in [0.25, 0.3) is 0 Å². The second-order valence-corrected chi connectivity index (χ2v) is 5.83. The van der Waals surface area contributed by atoms with Crippen molar-refractivity contribution in [1.29, 1.82) is 0 Å². The van der Waals surface area contributed by atoms with Gasteiger partial charge in [0.15, 0.2) is 5.13 Å². The summed E-state index contributed by atoms with van der Waals surface area (Å²) in [7, 11) is 0. The molecule has 1 fully saturated rings. The molecule has 0 amide bonds. The molecule has 2 atom stereocenters. The molecular formula is C12H21N3S. The van der Waals surface area contributed by atoms with Gasteiger partial charge in [-0.3, -0.25) is 0 Å². The maximum absolute atomic E-state index is 4.54. The molecule has 2 unspecified atom stereocenters. The molecule has 1 aliphatic heterocycles. The van der Waals surface area contributed by atoms with Crippen molar-refractivity contribution in [3.63, 3.8) is 0 Å². The van der Waals surface area contributed by atoms with Crippen LogP contribution in [0.1, 0.15) is 32.1 Å². The maximum Gasteiger partial charge on any atom is 0.185 e. The summed E-state index contributed by atoms with van der Waals surface area (Å²) in [5, 5.41) is 4.54. The van der Waals surface area contributed by atoms with Gasteiger partial charge in [-0.1, -0.05) is 13.8 Å². The van der Waals surface area contributed by atoms with E-state index in [0.29, 0.717) is 6.04 Å². The number of rotatable bonds is 4. The number of thiazole rings is 1. The van der Waals surface area contributed by atoms with E-state index in [1.54, 1.807) is 0 Å². The molecule has 90 valence electrons. The number of anilines is 1. The minimum absolute atomic E-state index is 0.646. The quantitative estimate of drug-likeness (QED) is 0.875. The van der Waals surface area contributed by atoms with Crippen molar-refractivity contribution in [2.75, 3.05) is 18.0 Å². The van der Waals surface area contributed by atoms with Crippen molar-refractivity contribution in [3.05, 3.63) is 11.1 Å². The summed E-state index contributed by atoms with van der Waals surface area (Å²) in [4.78, 5) is 8.33. The van der Waals surface area contributed by atoms with Crippen LogP contribution >= 0.6 is 11.3 Å². The Labute approximate surface area is 102 Å². The highest BCUT2D eigenvalue weighted by Crippen LogP contribution is 2.31. The Hall–Kier alpha value is -0.610. The van der Waals surface area contributed by atoms with Gasteiger partial charge in [-0.15, -0.1) is 11.3 Å². The van der Waals surface area contributed by atoms with E-state index in [1.165, 1.54) is 16.4 Å². The van der Waals surface area contributed by atoms with Crippen molar-refractivity contribution in [2.45, 2.75) is 39.8 Å². The van der Waals surface area contributed by atoms with E-state index in [1.807, 2.05) is 17.5 Å². The Morgan fingerprint density at radius 1 is 1.56 bits per heavy atom. The molecular weight excluding hydrogens is 218 g/mol. The highest BCUT2D eigenvalue weighted by Gasteiger charge is 2.27. The SMILES string of the molecule is CCNCc1cnc(N2CC(C)CC2C)s1. The fraction of sp³-hybridized carbons (Fsp3) is 0.750. The van der Waals surface area contributed by atoms with E-state index in [2.05, 4.69) is 36.0 Å². The molecule has 0 aliphatic carbocycles. The summed E-state index contributed by atoms with van der Waals surface area (Å²) < 4.78 is 0. The van der Waals surface area contributed by atoms with Gasteiger partial charge in [-0.05, 0) is 25.8 Å². The third-order valence-corrected chi connectivity index (χ3v) is 4.15. The molecule has 3 nitrogen and oxygen atoms in total. The van der Waals surface area contributed by atoms with Crippen LogP contribution in [0, 0.1) is 5.92 Å². The van der Waals surface area contributed by atoms with E-state index in [0.717, 1.165) is 25.6 Å². The van der Waals surface area contributed by atoms with Crippen LogP contribution in [0.4, 0.5) is 5.13 Å². The number of hydrogen-bond acceptors (Lipinski definition) is 4. The second-order valence-electron chi connectivity index (χ2n) is 4.73. The first-order valence-electron chi connectivity index (χ1n) is 6.12. The standard InChI is InChI=1S/C12H21N3S/c1-4-13-6-11-7-14-12(16-11)15-8-9(2)5-10(15)3/h7,9-10,13H,4-6,8H2,1-3H3. The summed E-state index contributed by atoms with van der Waals surface area (Å²) in [6, 6.07) is 0.646. The molecule has 4 heteroatoms. The third-order valence-electron chi connectivity index (χ3n) is 3.12. The van der Waals surface area contributed by atoms with E-state index in [9.17, 15) is 0 Å². The van der Waals surface area contributed by atoms with Gasteiger partial charge in [0.25, 0.3) is 0 Å². The molecule has 1 aromatic rings. The van der Waals surface area contributed by atoms with Gasteiger partial charge in [0, 0.05) is 30.2 Å². The fourth-order valence-electron chi connectivity index (χ4n) is 2.33. The molecule has 1 aliphatic rings. The number of nitrogens with zero attached hydrogens (tertiary/aromatic N) is 2. The number of hydrogen-bond donors (Lipinski definition) is 1. The first kappa shape index (κ1) is 11.9. The normalized spacial score (nSPS) is 25.3. The van der Waals surface area contributed by atoms with Crippen molar-refractivity contribution in [1.82, 2.24) is 10.3 Å². The first-order chi connectivity index (χ1) is 7.70. The second kappa shape index (κ2) is 5.15. The predicted octanol–water partition coefficient (Wildman–Crippen LogP) is 2.49. The lowest BCUT2D eigenvalue weighted by atomic mass is 10.1. The van der Waals surface area contributed by atoms with E-state index in [4.69, 9.17) is 0 Å². The zero-order chi connectivity index (χ0) is 11.5. The summed E-state index contributed by atoms with van der Waals surface area (Å²) in [6.07, 6.45) is 3.31. The van der Waals surface area contributed by atoms with Crippen molar-refractivity contribution < 1.29 is 0 Å². The lowest BCUT2D eigenvalue weighted by molar-refractivity contribution is 0.625. The van der Waals surface area contributed by atoms with Crippen molar-refractivity contribution in [2.24, 2.45) is 5.92 Å². The van der Waals surface area contributed by atoms with E-state index >= 15 is 0 Å². The molecule has 1 saturated heterocycles. The van der Waals surface area contributed by atoms with Crippen LogP contribution in [0.3, 0.4) is 0 Å². The first-order valence-corrected chi connectivity index (χ1v) is 6.94. The van der Waals surface area contributed by atoms with Crippen LogP contribution in [-0.2, 0) is 6.54 Å². The lowest BCUT2D eigenvalue weighted by Gasteiger charge is -2.19. The zero-order valence-electron chi connectivity index (χ0n) is 10.4. The fourth-order valence-corrected chi connectivity index (χ4v) is 3.32. The molecule has 0 saturated carbocycles. The Morgan fingerprint density at radius 3 is 3.00 bits per heavy atom. The van der Waals surface area contributed by atoms with Crippen LogP contribution in [0.5, 0.6) is 0 Å². The van der Waals surface area contributed by atoms with Crippen LogP contribution in [-0.4, -0.2) is 24.1 Å². The van der Waals surface area contributed by atoms with Crippen LogP contribution < -0.4 is 10.2 Å². The Bertz CT molecular complexity index is 337. The molecule has 16 heavy (non-hydrogen) atoms. The highest BCUT2D eigenvalue weighted by molar-refractivity contribution is 7.15. The predicted molar refractivity (Wildman–Crippen MR) is 70.1 cm³/mol. The maximum atomic E-state index is 4.54. The van der Waals surface area contributed by atoms with Gasteiger partial charge < -0.3 is 10.2 Å². The van der Waals surface area contributed by atoms with E-state index in [-0.39, 0.29) is 0 Å². The van der Waals surface area contributed by atoms with Crippen LogP contribution in [0.2, 0.25) is 0 Å². The third kappa shape index (κ3) is 2.55. The summed E-state index contributed by atoms with van der Waals surface area (Å²) in [5.41, 5.74) is 0. The lowest BCUT2D eigenvalue weighted by Crippen LogP contribution is -2.26. The molecule has 2 rings (SSSR count). The minimum Gasteiger partial charge on any atom is -0.345 e. The molecule has 1 aromatic heterocycles. The molecule has 0 aromatic carbocycles. The van der Waals surface area contributed by atoms with Crippen molar-refractivity contribution in [3.8, 4) is 0 Å². The van der Waals surface area contributed by atoms with Gasteiger partial charge in [0.05, 0.1) is 0 Å². The smallest absolute Gasteiger partial charge is 0.185 e. The summed E-state index contributed by atoms with van der Waals surface area (Å²) >= 11 is 1.83. The summed E-state index contributed by atoms with van der Waals surface area (Å²) in [6.45, 7) is 9.89. The van der Waals surface area contributed by atoms with Gasteiger partial charge in [0.2, 0.25) is 0 Å². The van der Waals surface area contributed by atoms with Gasteiger partial charge >= 0.3 is 0 Å². The van der Waals surface area contributed by atoms with Gasteiger partial charge in [-0.25, -0.2) is 4.98 Å². The molecule has 0 radical (unpaired) electrons. The molecule has 0 spiro atoms. The molecule has 1 N–H and O–H groups in total. The molecule has 0 bridgehead atoms. The topological polar surface area (TPSA) is 28.2 Å². The highest BCUT2D eigenvalue weighted by atomic mass is 32.1. The van der Waals surface area contributed by atoms with Gasteiger partial charge in [0.1, 0.15) is 0 Å². The Balaban J connectivity index is 2.01. The average Bonchev–Trinajstić information content (AvgIpc) is 2.82. The Kier molecular flexibility index (Phi) is 3.82. The zero-order valence-corrected chi connectivity index (χ0v) is 11.2. The van der Waals surface area contributed by atoms with Crippen LogP contribution in [0.15, 0.2) is 6.20 Å². The molecule has 2 heterocycles. The minimum atomic E-state index is 0.646. The largest absolute Gasteiger partial charge is 0.345 e. The number of aromatic nitrogens is 1. The monoisotopic (exact) mass is 239 g/mol. The average molecular weight is 239 g/mol. The van der Waals surface area contributed by atoms with E-state index < -0.39 is 0 Å². The number of nitrogens with one attached hydrogen (secondary N) is 1. The Morgan fingerprint density at radius 2 is 2.38 bits per heavy atom. The van der Waals surface area contributed by atoms with Gasteiger partial charge in [-0.2, -0.15) is 0 Å². The summed E-state index contributed by atoms with van der Waals surface area (Å²) in [5.74, 6) is 0.802. The van der Waals surface area contributed by atoms with Crippen molar-refractivity contribution >= 4 is 16.5 Å².